The fourth-order valence-electron chi connectivity index (χ4n) is 1.85. The molecule has 0 amide bonds. The Labute approximate surface area is 122 Å². The molecule has 1 rings (SSSR count). The molecule has 1 aromatic rings. The number of carbonyl (C=O) groups excluding carboxylic acids is 1. The first-order valence-electron chi connectivity index (χ1n) is 6.21. The van der Waals surface area contributed by atoms with Crippen molar-refractivity contribution in [2.24, 2.45) is 0 Å². The number of aliphatic hydroxyl groups is 2. The molecule has 0 fully saturated rings. The summed E-state index contributed by atoms with van der Waals surface area (Å²) in [6, 6.07) is 5.13. The molecule has 2 unspecified atom stereocenters. The average molecular weight is 300 g/mol. The summed E-state index contributed by atoms with van der Waals surface area (Å²) in [5.74, 6) is 1.36. The first-order chi connectivity index (χ1) is 9.51. The summed E-state index contributed by atoms with van der Waals surface area (Å²) in [5.41, 5.74) is 0.415. The lowest BCUT2D eigenvalue weighted by atomic mass is 10.0. The normalized spacial score (nSPS) is 13.7. The third-order valence-electron chi connectivity index (χ3n) is 2.85. The van der Waals surface area contributed by atoms with Crippen molar-refractivity contribution in [3.05, 3.63) is 23.8 Å². The third kappa shape index (κ3) is 4.40. The Balaban J connectivity index is 2.84. The zero-order chi connectivity index (χ0) is 15.1. The topological polar surface area (TPSA) is 76.0 Å². The van der Waals surface area contributed by atoms with Crippen LogP contribution in [0.15, 0.2) is 18.2 Å². The van der Waals surface area contributed by atoms with Crippen LogP contribution in [0.25, 0.3) is 0 Å². The fourth-order valence-corrected chi connectivity index (χ4v) is 2.49. The van der Waals surface area contributed by atoms with E-state index in [0.717, 1.165) is 11.8 Å². The molecule has 1 aromatic carbocycles. The van der Waals surface area contributed by atoms with Gasteiger partial charge in [0.25, 0.3) is 0 Å². The minimum Gasteiger partial charge on any atom is -0.496 e. The number of hydrogen-bond acceptors (Lipinski definition) is 6. The smallest absolute Gasteiger partial charge is 0.185 e. The van der Waals surface area contributed by atoms with E-state index in [2.05, 4.69) is 0 Å². The highest BCUT2D eigenvalue weighted by Crippen LogP contribution is 2.36. The molecule has 0 saturated heterocycles. The number of ether oxygens (including phenoxy) is 2. The van der Waals surface area contributed by atoms with E-state index in [1.165, 1.54) is 21.1 Å². The second kappa shape index (κ2) is 8.14. The van der Waals surface area contributed by atoms with Crippen LogP contribution in [0.5, 0.6) is 11.5 Å². The fraction of sp³-hybridized carbons (Fsp3) is 0.500. The lowest BCUT2D eigenvalue weighted by molar-refractivity contribution is -0.109. The van der Waals surface area contributed by atoms with E-state index in [9.17, 15) is 15.0 Å². The van der Waals surface area contributed by atoms with E-state index in [1.807, 2.05) is 0 Å². The highest BCUT2D eigenvalue weighted by molar-refractivity contribution is 8.13. The summed E-state index contributed by atoms with van der Waals surface area (Å²) in [7, 11) is 2.98. The molecule has 0 spiro atoms. The summed E-state index contributed by atoms with van der Waals surface area (Å²) < 4.78 is 10.4. The predicted molar refractivity (Wildman–Crippen MR) is 78.3 cm³/mol. The molecule has 5 nitrogen and oxygen atoms in total. The summed E-state index contributed by atoms with van der Waals surface area (Å²) in [5, 5.41) is 20.3. The molecule has 0 aliphatic rings. The lowest BCUT2D eigenvalue weighted by Gasteiger charge is -2.22. The average Bonchev–Trinajstić information content (AvgIpc) is 2.44. The molecule has 2 N–H and O–H groups in total. The zero-order valence-corrected chi connectivity index (χ0v) is 12.6. The van der Waals surface area contributed by atoms with Gasteiger partial charge in [0, 0.05) is 12.7 Å². The van der Waals surface area contributed by atoms with Crippen molar-refractivity contribution in [1.82, 2.24) is 0 Å². The summed E-state index contributed by atoms with van der Waals surface area (Å²) in [6.45, 7) is 1.47. The van der Waals surface area contributed by atoms with Crippen LogP contribution >= 0.6 is 11.8 Å². The van der Waals surface area contributed by atoms with Crippen LogP contribution in [0.4, 0.5) is 0 Å². The van der Waals surface area contributed by atoms with Gasteiger partial charge in [-0.15, -0.1) is 0 Å². The number of aliphatic hydroxyl groups excluding tert-OH is 2. The van der Waals surface area contributed by atoms with Crippen LogP contribution in [0.1, 0.15) is 25.0 Å². The minimum atomic E-state index is -1.13. The molecule has 0 radical (unpaired) electrons. The number of benzene rings is 1. The number of carbonyl (C=O) groups is 1. The largest absolute Gasteiger partial charge is 0.496 e. The van der Waals surface area contributed by atoms with Crippen molar-refractivity contribution in [3.8, 4) is 11.5 Å². The van der Waals surface area contributed by atoms with E-state index in [0.29, 0.717) is 29.2 Å². The number of thioether (sulfide) groups is 1. The molecule has 0 aliphatic carbocycles. The van der Waals surface area contributed by atoms with Crippen LogP contribution in [0, 0.1) is 0 Å². The van der Waals surface area contributed by atoms with Crippen molar-refractivity contribution < 1.29 is 24.5 Å². The summed E-state index contributed by atoms with van der Waals surface area (Å²) in [4.78, 5) is 10.8. The van der Waals surface area contributed by atoms with Crippen LogP contribution in [-0.2, 0) is 4.79 Å². The van der Waals surface area contributed by atoms with Crippen molar-refractivity contribution in [1.29, 1.82) is 0 Å². The molecular formula is C14H20O5S. The number of hydrogen-bond donors (Lipinski definition) is 2. The SMILES string of the molecule is COc1cccc(OC)c1C(O)C(O)CCSC(C)=O. The molecule has 112 valence electrons. The zero-order valence-electron chi connectivity index (χ0n) is 11.8. The number of rotatable bonds is 7. The van der Waals surface area contributed by atoms with Gasteiger partial charge in [0.1, 0.15) is 17.6 Å². The van der Waals surface area contributed by atoms with E-state index >= 15 is 0 Å². The van der Waals surface area contributed by atoms with Crippen molar-refractivity contribution in [2.75, 3.05) is 20.0 Å². The maximum atomic E-state index is 10.8. The Morgan fingerprint density at radius 2 is 1.80 bits per heavy atom. The molecule has 0 aliphatic heterocycles. The summed E-state index contributed by atoms with van der Waals surface area (Å²) >= 11 is 1.12. The van der Waals surface area contributed by atoms with E-state index in [4.69, 9.17) is 9.47 Å². The van der Waals surface area contributed by atoms with Gasteiger partial charge >= 0.3 is 0 Å². The van der Waals surface area contributed by atoms with Gasteiger partial charge in [-0.3, -0.25) is 4.79 Å². The van der Waals surface area contributed by atoms with Gasteiger partial charge in [0.2, 0.25) is 0 Å². The van der Waals surface area contributed by atoms with Crippen molar-refractivity contribution in [3.63, 3.8) is 0 Å². The van der Waals surface area contributed by atoms with Gasteiger partial charge in [0.05, 0.1) is 25.9 Å². The highest BCUT2D eigenvalue weighted by atomic mass is 32.2. The van der Waals surface area contributed by atoms with Crippen molar-refractivity contribution >= 4 is 16.9 Å². The van der Waals surface area contributed by atoms with Crippen LogP contribution in [0.2, 0.25) is 0 Å². The third-order valence-corrected chi connectivity index (χ3v) is 3.69. The standard InChI is InChI=1S/C14H20O5S/c1-9(15)20-8-7-10(16)14(17)13-11(18-2)5-4-6-12(13)19-3/h4-6,10,14,16-17H,7-8H2,1-3H3. The Morgan fingerprint density at radius 3 is 2.25 bits per heavy atom. The minimum absolute atomic E-state index is 0.0124. The predicted octanol–water partition coefficient (Wildman–Crippen LogP) is 1.77. The van der Waals surface area contributed by atoms with Crippen LogP contribution in [-0.4, -0.2) is 41.4 Å². The van der Waals surface area contributed by atoms with Gasteiger partial charge in [-0.05, 0) is 18.6 Å². The molecule has 0 bridgehead atoms. The monoisotopic (exact) mass is 300 g/mol. The van der Waals surface area contributed by atoms with Gasteiger partial charge in [-0.25, -0.2) is 0 Å². The molecule has 6 heteroatoms. The highest BCUT2D eigenvalue weighted by Gasteiger charge is 2.25. The van der Waals surface area contributed by atoms with Crippen LogP contribution in [0.3, 0.4) is 0 Å². The van der Waals surface area contributed by atoms with E-state index in [-0.39, 0.29) is 5.12 Å². The molecule has 0 heterocycles. The molecule has 2 atom stereocenters. The Morgan fingerprint density at radius 1 is 1.25 bits per heavy atom. The Kier molecular flexibility index (Phi) is 6.84. The summed E-state index contributed by atoms with van der Waals surface area (Å²) in [6.07, 6.45) is -1.83. The van der Waals surface area contributed by atoms with E-state index in [1.54, 1.807) is 18.2 Å². The first-order valence-corrected chi connectivity index (χ1v) is 7.20. The maximum absolute atomic E-state index is 10.8. The Bertz CT molecular complexity index is 427. The van der Waals surface area contributed by atoms with Crippen LogP contribution < -0.4 is 9.47 Å². The molecule has 20 heavy (non-hydrogen) atoms. The molecule has 0 aromatic heterocycles. The molecule has 0 saturated carbocycles. The second-order valence-electron chi connectivity index (χ2n) is 4.22. The van der Waals surface area contributed by atoms with Gasteiger partial charge < -0.3 is 19.7 Å². The van der Waals surface area contributed by atoms with Gasteiger partial charge in [-0.1, -0.05) is 17.8 Å². The van der Waals surface area contributed by atoms with Gasteiger partial charge in [-0.2, -0.15) is 0 Å². The quantitative estimate of drug-likeness (QED) is 0.799. The van der Waals surface area contributed by atoms with Crippen molar-refractivity contribution in [2.45, 2.75) is 25.6 Å². The molecular weight excluding hydrogens is 280 g/mol. The lowest BCUT2D eigenvalue weighted by Crippen LogP contribution is -2.20. The number of methoxy groups -OCH3 is 2. The first kappa shape index (κ1) is 16.8. The van der Waals surface area contributed by atoms with E-state index < -0.39 is 12.2 Å². The Hall–Kier alpha value is -1.24. The maximum Gasteiger partial charge on any atom is 0.185 e. The van der Waals surface area contributed by atoms with Gasteiger partial charge in [0.15, 0.2) is 5.12 Å². The second-order valence-corrected chi connectivity index (χ2v) is 5.49.